The number of amides is 2. The first kappa shape index (κ1) is 23.0. The number of aliphatic imine (C=N–C) groups is 1. The number of rotatable bonds is 3. The molecule has 3 aromatic rings. The molecule has 9 nitrogen and oxygen atoms in total. The van der Waals surface area contributed by atoms with Gasteiger partial charge in [-0.25, -0.2) is 0 Å². The molecule has 0 aliphatic carbocycles. The van der Waals surface area contributed by atoms with Crippen LogP contribution in [0.4, 0.5) is 0 Å². The molecule has 0 bridgehead atoms. The number of hydrogen-bond donors (Lipinski definition) is 0. The van der Waals surface area contributed by atoms with Crippen LogP contribution in [0.3, 0.4) is 0 Å². The summed E-state index contributed by atoms with van der Waals surface area (Å²) in [6.07, 6.45) is 3.64. The lowest BCUT2D eigenvalue weighted by atomic mass is 10.0. The van der Waals surface area contributed by atoms with Crippen molar-refractivity contribution in [1.82, 2.24) is 29.1 Å². The number of aryl methyl sites for hydroxylation is 2. The van der Waals surface area contributed by atoms with Gasteiger partial charge in [0.25, 0.3) is 0 Å². The minimum Gasteiger partial charge on any atom is -0.352 e. The molecule has 5 heterocycles. The monoisotopic (exact) mass is 505 g/mol. The van der Waals surface area contributed by atoms with Crippen molar-refractivity contribution in [3.63, 3.8) is 0 Å². The number of piperazine rings is 1. The van der Waals surface area contributed by atoms with Crippen molar-refractivity contribution in [3.05, 3.63) is 64.0 Å². The van der Waals surface area contributed by atoms with Gasteiger partial charge in [-0.05, 0) is 32.4 Å². The Bertz CT molecular complexity index is 1400. The molecule has 0 N–H and O–H groups in total. The van der Waals surface area contributed by atoms with Crippen LogP contribution in [0, 0.1) is 13.8 Å². The van der Waals surface area contributed by atoms with E-state index in [2.05, 4.69) is 27.9 Å². The number of aromatic nitrogens is 4. The van der Waals surface area contributed by atoms with Gasteiger partial charge >= 0.3 is 0 Å². The van der Waals surface area contributed by atoms with Crippen LogP contribution in [0.5, 0.6) is 0 Å². The molecule has 36 heavy (non-hydrogen) atoms. The quantitative estimate of drug-likeness (QED) is 0.547. The van der Waals surface area contributed by atoms with Gasteiger partial charge in [0.1, 0.15) is 11.9 Å². The fraction of sp³-hybridized carbons (Fsp3) is 0.423. The Morgan fingerprint density at radius 1 is 1.14 bits per heavy atom. The summed E-state index contributed by atoms with van der Waals surface area (Å²) in [6.45, 7) is 5.72. The predicted molar refractivity (Wildman–Crippen MR) is 136 cm³/mol. The normalized spacial score (nSPS) is 21.1. The van der Waals surface area contributed by atoms with Gasteiger partial charge in [-0.2, -0.15) is 0 Å². The second-order valence-corrected chi connectivity index (χ2v) is 10.3. The molecule has 10 heteroatoms. The van der Waals surface area contributed by atoms with Gasteiger partial charge in [0.05, 0.1) is 17.8 Å². The topological polar surface area (TPSA) is 88.6 Å². The van der Waals surface area contributed by atoms with Gasteiger partial charge in [0.2, 0.25) is 11.8 Å². The van der Waals surface area contributed by atoms with Crippen LogP contribution in [0.25, 0.3) is 5.69 Å². The molecule has 2 fully saturated rings. The zero-order valence-electron chi connectivity index (χ0n) is 20.6. The van der Waals surface area contributed by atoms with Crippen molar-refractivity contribution in [2.45, 2.75) is 45.2 Å². The molecular formula is C26H28ClN7O2. The number of halogens is 1. The molecule has 1 aromatic carbocycles. The number of carbonyl (C=O) groups is 2. The van der Waals surface area contributed by atoms with Crippen molar-refractivity contribution >= 4 is 29.1 Å². The van der Waals surface area contributed by atoms with Crippen LogP contribution in [0.1, 0.15) is 53.8 Å². The first-order valence-electron chi connectivity index (χ1n) is 12.3. The molecular weight excluding hydrogens is 478 g/mol. The molecule has 2 atom stereocenters. The van der Waals surface area contributed by atoms with Crippen molar-refractivity contribution in [2.24, 2.45) is 12.0 Å². The molecule has 3 aliphatic heterocycles. The third-order valence-corrected chi connectivity index (χ3v) is 7.96. The zero-order chi connectivity index (χ0) is 25.1. The highest BCUT2D eigenvalue weighted by molar-refractivity contribution is 6.30. The number of fused-ring (bicyclic) bond motifs is 4. The van der Waals surface area contributed by atoms with E-state index in [-0.39, 0.29) is 24.3 Å². The van der Waals surface area contributed by atoms with Crippen molar-refractivity contribution < 1.29 is 9.59 Å². The maximum Gasteiger partial charge on any atom is 0.225 e. The van der Waals surface area contributed by atoms with E-state index in [0.717, 1.165) is 40.5 Å². The smallest absolute Gasteiger partial charge is 0.225 e. The number of carbonyl (C=O) groups excluding carboxylic acids is 2. The largest absolute Gasteiger partial charge is 0.352 e. The highest BCUT2D eigenvalue weighted by Crippen LogP contribution is 2.35. The van der Waals surface area contributed by atoms with Crippen LogP contribution >= 0.6 is 11.6 Å². The van der Waals surface area contributed by atoms with E-state index in [1.165, 1.54) is 0 Å². The van der Waals surface area contributed by atoms with Crippen LogP contribution in [0.2, 0.25) is 5.02 Å². The Hall–Kier alpha value is -3.46. The van der Waals surface area contributed by atoms with Gasteiger partial charge in [-0.3, -0.25) is 19.1 Å². The highest BCUT2D eigenvalue weighted by atomic mass is 35.5. The molecule has 1 unspecified atom stereocenters. The molecule has 186 valence electrons. The van der Waals surface area contributed by atoms with E-state index in [1.54, 1.807) is 0 Å². The number of benzene rings is 1. The second-order valence-electron chi connectivity index (χ2n) is 9.85. The van der Waals surface area contributed by atoms with Crippen LogP contribution in [-0.4, -0.2) is 72.3 Å². The first-order valence-corrected chi connectivity index (χ1v) is 12.7. The van der Waals surface area contributed by atoms with Crippen molar-refractivity contribution in [1.29, 1.82) is 0 Å². The summed E-state index contributed by atoms with van der Waals surface area (Å²) in [7, 11) is 2.01. The number of nitrogens with zero attached hydrogens (tertiary/aromatic N) is 7. The lowest BCUT2D eigenvalue weighted by Crippen LogP contribution is -2.53. The maximum atomic E-state index is 13.6. The summed E-state index contributed by atoms with van der Waals surface area (Å²) < 4.78 is 4.10. The summed E-state index contributed by atoms with van der Waals surface area (Å²) >= 11 is 6.18. The average molecular weight is 506 g/mol. The standard InChI is InChI=1S/C26H28ClN7O2/c1-15-24-21(14-31(15)3)34-16(2)29-30-26(34)20(28-25(24)17-4-6-18(27)7-5-17)12-23(36)32-10-11-33-19(13-32)8-9-22(33)35/h4-7,14,19-20H,8-13H2,1-3H3/t19?,20-/m0/s1. The Morgan fingerprint density at radius 2 is 1.92 bits per heavy atom. The minimum atomic E-state index is -0.496. The zero-order valence-corrected chi connectivity index (χ0v) is 21.4. The summed E-state index contributed by atoms with van der Waals surface area (Å²) in [5.74, 6) is 1.63. The van der Waals surface area contributed by atoms with E-state index in [4.69, 9.17) is 16.6 Å². The molecule has 0 radical (unpaired) electrons. The molecule has 2 aromatic heterocycles. The molecule has 0 spiro atoms. The number of hydrogen-bond acceptors (Lipinski definition) is 5. The Morgan fingerprint density at radius 3 is 2.69 bits per heavy atom. The summed E-state index contributed by atoms with van der Waals surface area (Å²) in [4.78, 5) is 34.6. The maximum absolute atomic E-state index is 13.6. The van der Waals surface area contributed by atoms with Crippen LogP contribution in [0.15, 0.2) is 35.5 Å². The lowest BCUT2D eigenvalue weighted by Gasteiger charge is -2.37. The Kier molecular flexibility index (Phi) is 5.48. The van der Waals surface area contributed by atoms with Crippen molar-refractivity contribution in [2.75, 3.05) is 19.6 Å². The van der Waals surface area contributed by atoms with Crippen molar-refractivity contribution in [3.8, 4) is 5.69 Å². The SMILES string of the molecule is Cc1c2c(cn1C)-n1c(C)nnc1[C@H](CC(=O)N1CCN3C(=O)CCC3C1)N=C2c1ccc(Cl)cc1. The molecule has 6 rings (SSSR count). The summed E-state index contributed by atoms with van der Waals surface area (Å²) in [5, 5.41) is 9.50. The summed E-state index contributed by atoms with van der Waals surface area (Å²) in [5.41, 5.74) is 4.76. The summed E-state index contributed by atoms with van der Waals surface area (Å²) in [6, 6.07) is 7.27. The van der Waals surface area contributed by atoms with E-state index >= 15 is 0 Å². The third kappa shape index (κ3) is 3.64. The Labute approximate surface area is 214 Å². The van der Waals surface area contributed by atoms with E-state index in [0.29, 0.717) is 36.9 Å². The third-order valence-electron chi connectivity index (χ3n) is 7.71. The molecule has 0 saturated carbocycles. The predicted octanol–water partition coefficient (Wildman–Crippen LogP) is 2.99. The van der Waals surface area contributed by atoms with E-state index < -0.39 is 6.04 Å². The molecule has 3 aliphatic rings. The average Bonchev–Trinajstić information content (AvgIpc) is 3.49. The first-order chi connectivity index (χ1) is 17.3. The van der Waals surface area contributed by atoms with E-state index in [1.807, 2.05) is 52.6 Å². The Balaban J connectivity index is 1.40. The highest BCUT2D eigenvalue weighted by Gasteiger charge is 2.38. The second kappa shape index (κ2) is 8.58. The van der Waals surface area contributed by atoms with E-state index in [9.17, 15) is 9.59 Å². The minimum absolute atomic E-state index is 0.0225. The van der Waals surface area contributed by atoms with Crippen LogP contribution < -0.4 is 0 Å². The fourth-order valence-corrected chi connectivity index (χ4v) is 5.81. The van der Waals surface area contributed by atoms with Gasteiger partial charge < -0.3 is 14.4 Å². The van der Waals surface area contributed by atoms with Gasteiger partial charge in [0, 0.05) is 67.2 Å². The lowest BCUT2D eigenvalue weighted by molar-refractivity contribution is -0.139. The van der Waals surface area contributed by atoms with Crippen LogP contribution in [-0.2, 0) is 16.6 Å². The van der Waals surface area contributed by atoms with Gasteiger partial charge in [0.15, 0.2) is 5.82 Å². The fourth-order valence-electron chi connectivity index (χ4n) is 5.69. The van der Waals surface area contributed by atoms with Gasteiger partial charge in [-0.1, -0.05) is 23.7 Å². The molecule has 2 amide bonds. The molecule has 2 saturated heterocycles. The van der Waals surface area contributed by atoms with Gasteiger partial charge in [-0.15, -0.1) is 10.2 Å².